The van der Waals surface area contributed by atoms with Crippen LogP contribution in [0.2, 0.25) is 0 Å². The Morgan fingerprint density at radius 1 is 1.21 bits per heavy atom. The normalized spacial score (nSPS) is 19.2. The highest BCUT2D eigenvalue weighted by Gasteiger charge is 2.47. The maximum Gasteiger partial charge on any atom is 0.289 e. The van der Waals surface area contributed by atoms with E-state index in [-0.39, 0.29) is 11.8 Å². The van der Waals surface area contributed by atoms with Gasteiger partial charge >= 0.3 is 0 Å². The Labute approximate surface area is 191 Å². The number of hydrogen-bond acceptors (Lipinski definition) is 6. The van der Waals surface area contributed by atoms with Crippen LogP contribution in [-0.2, 0) is 28.2 Å². The Balaban J connectivity index is 1.26. The van der Waals surface area contributed by atoms with Crippen LogP contribution in [0.25, 0.3) is 0 Å². The summed E-state index contributed by atoms with van der Waals surface area (Å²) in [6.07, 6.45) is 5.58. The highest BCUT2D eigenvalue weighted by molar-refractivity contribution is 5.91. The molecule has 1 saturated heterocycles. The van der Waals surface area contributed by atoms with Gasteiger partial charge in [0, 0.05) is 44.9 Å². The molecule has 2 amide bonds. The highest BCUT2D eigenvalue weighted by atomic mass is 16.5. The Hall–Kier alpha value is -3.59. The van der Waals surface area contributed by atoms with Crippen LogP contribution in [0, 0.1) is 0 Å². The summed E-state index contributed by atoms with van der Waals surface area (Å²) < 4.78 is 18.9. The number of imidazole rings is 1. The molecule has 2 aromatic heterocycles. The number of piperidine rings is 1. The Morgan fingerprint density at radius 2 is 2.00 bits per heavy atom. The summed E-state index contributed by atoms with van der Waals surface area (Å²) >= 11 is 0. The van der Waals surface area contributed by atoms with Gasteiger partial charge in [0.1, 0.15) is 17.2 Å². The second kappa shape index (κ2) is 8.74. The van der Waals surface area contributed by atoms with Crippen molar-refractivity contribution in [1.29, 1.82) is 0 Å². The minimum Gasteiger partial charge on any atom is -0.497 e. The summed E-state index contributed by atoms with van der Waals surface area (Å²) in [7, 11) is 1.62. The summed E-state index contributed by atoms with van der Waals surface area (Å²) in [5.74, 6) is 1.60. The number of amides is 2. The predicted octanol–water partition coefficient (Wildman–Crippen LogP) is 2.33. The highest BCUT2D eigenvalue weighted by Crippen LogP contribution is 2.40. The Morgan fingerprint density at radius 3 is 2.70 bits per heavy atom. The fourth-order valence-electron chi connectivity index (χ4n) is 4.55. The summed E-state index contributed by atoms with van der Waals surface area (Å²) in [4.78, 5) is 32.0. The van der Waals surface area contributed by atoms with Gasteiger partial charge in [-0.2, -0.15) is 0 Å². The topological polar surface area (TPSA) is 98.8 Å². The number of methoxy groups -OCH3 is 1. The summed E-state index contributed by atoms with van der Waals surface area (Å²) in [6.45, 7) is 1.79. The van der Waals surface area contributed by atoms with Crippen molar-refractivity contribution in [1.82, 2.24) is 19.8 Å². The number of benzene rings is 1. The molecule has 1 N–H and O–H groups in total. The fraction of sp³-hybridized carbons (Fsp3) is 0.375. The molecule has 2 aliphatic rings. The lowest BCUT2D eigenvalue weighted by Crippen LogP contribution is -2.54. The SMILES string of the molecule is COc1ccc(CNC(=O)C2Cn3ccnc3C3(CCN(C(=O)c4ccco4)CC3)O2)cc1. The zero-order valence-corrected chi connectivity index (χ0v) is 18.4. The van der Waals surface area contributed by atoms with Gasteiger partial charge in [-0.15, -0.1) is 0 Å². The number of carbonyl (C=O) groups excluding carboxylic acids is 2. The van der Waals surface area contributed by atoms with Crippen molar-refractivity contribution in [2.24, 2.45) is 0 Å². The average molecular weight is 450 g/mol. The molecule has 0 aliphatic carbocycles. The van der Waals surface area contributed by atoms with Crippen molar-refractivity contribution in [2.45, 2.75) is 37.6 Å². The van der Waals surface area contributed by atoms with Crippen LogP contribution in [-0.4, -0.2) is 52.6 Å². The van der Waals surface area contributed by atoms with Crippen LogP contribution in [0.5, 0.6) is 5.75 Å². The van der Waals surface area contributed by atoms with Gasteiger partial charge < -0.3 is 28.7 Å². The summed E-state index contributed by atoms with van der Waals surface area (Å²) in [5, 5.41) is 2.98. The maximum atomic E-state index is 13.0. The molecule has 0 saturated carbocycles. The fourth-order valence-corrected chi connectivity index (χ4v) is 4.55. The first kappa shape index (κ1) is 21.3. The number of nitrogens with zero attached hydrogens (tertiary/aromatic N) is 3. The lowest BCUT2D eigenvalue weighted by Gasteiger charge is -2.45. The van der Waals surface area contributed by atoms with Gasteiger partial charge in [-0.3, -0.25) is 9.59 Å². The molecule has 172 valence electrons. The van der Waals surface area contributed by atoms with E-state index in [0.29, 0.717) is 44.8 Å². The third-order valence-corrected chi connectivity index (χ3v) is 6.36. The van der Waals surface area contributed by atoms with Crippen LogP contribution in [0.1, 0.15) is 34.8 Å². The number of furan rings is 1. The van der Waals surface area contributed by atoms with Crippen LogP contribution < -0.4 is 10.1 Å². The first-order chi connectivity index (χ1) is 16.1. The largest absolute Gasteiger partial charge is 0.497 e. The van der Waals surface area contributed by atoms with Crippen LogP contribution in [0.15, 0.2) is 59.5 Å². The molecule has 1 unspecified atom stereocenters. The quantitative estimate of drug-likeness (QED) is 0.641. The number of nitrogens with one attached hydrogen (secondary N) is 1. The molecule has 33 heavy (non-hydrogen) atoms. The van der Waals surface area contributed by atoms with E-state index in [1.807, 2.05) is 35.0 Å². The minimum absolute atomic E-state index is 0.136. The van der Waals surface area contributed by atoms with E-state index in [1.165, 1.54) is 6.26 Å². The van der Waals surface area contributed by atoms with Crippen molar-refractivity contribution in [3.63, 3.8) is 0 Å². The molecular weight excluding hydrogens is 424 g/mol. The van der Waals surface area contributed by atoms with Gasteiger partial charge in [0.2, 0.25) is 0 Å². The van der Waals surface area contributed by atoms with E-state index >= 15 is 0 Å². The number of aromatic nitrogens is 2. The van der Waals surface area contributed by atoms with Gasteiger partial charge in [0.05, 0.1) is 19.9 Å². The van der Waals surface area contributed by atoms with Crippen molar-refractivity contribution in [2.75, 3.05) is 20.2 Å². The number of carbonyl (C=O) groups is 2. The minimum atomic E-state index is -0.705. The van der Waals surface area contributed by atoms with Crippen LogP contribution >= 0.6 is 0 Å². The molecule has 1 aromatic carbocycles. The second-order valence-electron chi connectivity index (χ2n) is 8.34. The smallest absolute Gasteiger partial charge is 0.289 e. The molecule has 0 bridgehead atoms. The molecule has 2 aliphatic heterocycles. The van der Waals surface area contributed by atoms with Gasteiger partial charge in [-0.25, -0.2) is 4.98 Å². The second-order valence-corrected chi connectivity index (χ2v) is 8.34. The van der Waals surface area contributed by atoms with Gasteiger partial charge in [-0.05, 0) is 29.8 Å². The molecule has 4 heterocycles. The van der Waals surface area contributed by atoms with E-state index < -0.39 is 11.7 Å². The van der Waals surface area contributed by atoms with Crippen molar-refractivity contribution in [3.8, 4) is 5.75 Å². The van der Waals surface area contributed by atoms with Gasteiger partial charge in [-0.1, -0.05) is 12.1 Å². The zero-order valence-electron chi connectivity index (χ0n) is 18.4. The van der Waals surface area contributed by atoms with E-state index in [9.17, 15) is 9.59 Å². The number of likely N-dealkylation sites (tertiary alicyclic amines) is 1. The Bertz CT molecular complexity index is 1110. The number of hydrogen-bond donors (Lipinski definition) is 1. The molecule has 9 nitrogen and oxygen atoms in total. The molecule has 5 rings (SSSR count). The average Bonchev–Trinajstić information content (AvgIpc) is 3.56. The predicted molar refractivity (Wildman–Crippen MR) is 117 cm³/mol. The van der Waals surface area contributed by atoms with E-state index in [0.717, 1.165) is 17.1 Å². The Kier molecular flexibility index (Phi) is 5.63. The zero-order chi connectivity index (χ0) is 22.8. The molecule has 0 radical (unpaired) electrons. The first-order valence-corrected chi connectivity index (χ1v) is 11.0. The number of rotatable bonds is 5. The lowest BCUT2D eigenvalue weighted by molar-refractivity contribution is -0.172. The molecule has 3 aromatic rings. The van der Waals surface area contributed by atoms with E-state index in [2.05, 4.69) is 10.3 Å². The molecule has 9 heteroatoms. The third kappa shape index (κ3) is 4.11. The molecule has 1 atom stereocenters. The lowest BCUT2D eigenvalue weighted by atomic mass is 9.88. The van der Waals surface area contributed by atoms with Crippen LogP contribution in [0.4, 0.5) is 0 Å². The van der Waals surface area contributed by atoms with Gasteiger partial charge in [0.15, 0.2) is 11.9 Å². The monoisotopic (exact) mass is 450 g/mol. The summed E-state index contributed by atoms with van der Waals surface area (Å²) in [5.41, 5.74) is 0.270. The van der Waals surface area contributed by atoms with Crippen LogP contribution in [0.3, 0.4) is 0 Å². The standard InChI is InChI=1S/C24H26N4O5/c1-31-18-6-4-17(5-7-18)15-26-21(29)20-16-28-13-10-25-23(28)24(33-20)8-11-27(12-9-24)22(30)19-3-2-14-32-19/h2-7,10,13-14,20H,8-9,11-12,15-16H2,1H3,(H,26,29). The van der Waals surface area contributed by atoms with Crippen molar-refractivity contribution < 1.29 is 23.5 Å². The van der Waals surface area contributed by atoms with Crippen molar-refractivity contribution >= 4 is 11.8 Å². The summed E-state index contributed by atoms with van der Waals surface area (Å²) in [6, 6.07) is 10.9. The van der Waals surface area contributed by atoms with E-state index in [1.54, 1.807) is 30.3 Å². The maximum absolute atomic E-state index is 13.0. The third-order valence-electron chi connectivity index (χ3n) is 6.36. The van der Waals surface area contributed by atoms with Gasteiger partial charge in [0.25, 0.3) is 11.8 Å². The first-order valence-electron chi connectivity index (χ1n) is 11.0. The molecular formula is C24H26N4O5. The molecule has 1 spiro atoms. The van der Waals surface area contributed by atoms with E-state index in [4.69, 9.17) is 13.9 Å². The van der Waals surface area contributed by atoms with Crippen molar-refractivity contribution in [3.05, 3.63) is 72.2 Å². The number of ether oxygens (including phenoxy) is 2. The molecule has 1 fully saturated rings. The number of fused-ring (bicyclic) bond motifs is 2.